The summed E-state index contributed by atoms with van der Waals surface area (Å²) in [5.41, 5.74) is 2.52. The first kappa shape index (κ1) is 19.4. The van der Waals surface area contributed by atoms with E-state index in [9.17, 15) is 14.4 Å². The normalized spacial score (nSPS) is 19.5. The second-order valence-electron chi connectivity index (χ2n) is 6.81. The van der Waals surface area contributed by atoms with Gasteiger partial charge in [-0.05, 0) is 59.6 Å². The van der Waals surface area contributed by atoms with Crippen molar-refractivity contribution in [1.82, 2.24) is 9.88 Å². The van der Waals surface area contributed by atoms with Gasteiger partial charge in [-0.25, -0.2) is 0 Å². The van der Waals surface area contributed by atoms with Crippen LogP contribution in [0, 0.1) is 19.8 Å². The van der Waals surface area contributed by atoms with Crippen LogP contribution in [-0.2, 0) is 9.53 Å². The predicted octanol–water partition coefficient (Wildman–Crippen LogP) is 2.68. The van der Waals surface area contributed by atoms with E-state index >= 15 is 0 Å². The second kappa shape index (κ2) is 7.95. The number of nitrogens with zero attached hydrogens (tertiary/aromatic N) is 1. The lowest BCUT2D eigenvalue weighted by atomic mass is 9.95. The van der Waals surface area contributed by atoms with Crippen LogP contribution in [0.25, 0.3) is 0 Å². The largest absolute Gasteiger partial charge is 0.466 e. The molecular weight excluding hydrogens is 320 g/mol. The van der Waals surface area contributed by atoms with Crippen LogP contribution in [0.4, 0.5) is 0 Å². The molecule has 0 saturated carbocycles. The highest BCUT2D eigenvalue weighted by Crippen LogP contribution is 2.24. The molecule has 1 aliphatic heterocycles. The van der Waals surface area contributed by atoms with Crippen molar-refractivity contribution in [2.45, 2.75) is 53.5 Å². The van der Waals surface area contributed by atoms with Crippen LogP contribution in [0.2, 0.25) is 0 Å². The average Bonchev–Trinajstić information content (AvgIpc) is 2.88. The molecule has 6 nitrogen and oxygen atoms in total. The maximum atomic E-state index is 13.0. The number of aromatic nitrogens is 1. The number of esters is 1. The molecule has 0 aromatic carbocycles. The first-order chi connectivity index (χ1) is 11.8. The highest BCUT2D eigenvalue weighted by molar-refractivity contribution is 6.05. The number of hydrogen-bond donors (Lipinski definition) is 1. The fraction of sp³-hybridized carbons (Fsp3) is 0.632. The summed E-state index contributed by atoms with van der Waals surface area (Å²) in [6, 6.07) is -0.353. The highest BCUT2D eigenvalue weighted by atomic mass is 16.5. The Balaban J connectivity index is 2.16. The van der Waals surface area contributed by atoms with Gasteiger partial charge in [0.2, 0.25) is 0 Å². The Labute approximate surface area is 148 Å². The number of hydrogen-bond acceptors (Lipinski definition) is 5. The molecule has 1 saturated heterocycles. The molecule has 2 atom stereocenters. The van der Waals surface area contributed by atoms with E-state index in [0.29, 0.717) is 30.0 Å². The van der Waals surface area contributed by atoms with Gasteiger partial charge in [0, 0.05) is 17.8 Å². The summed E-state index contributed by atoms with van der Waals surface area (Å²) in [5, 5.41) is 0. The number of aromatic amines is 1. The van der Waals surface area contributed by atoms with E-state index < -0.39 is 0 Å². The van der Waals surface area contributed by atoms with Gasteiger partial charge in [0.15, 0.2) is 11.6 Å². The first-order valence-corrected chi connectivity index (χ1v) is 8.92. The summed E-state index contributed by atoms with van der Waals surface area (Å²) in [4.78, 5) is 41.9. The fourth-order valence-corrected chi connectivity index (χ4v) is 3.71. The number of rotatable bonds is 6. The van der Waals surface area contributed by atoms with Crippen molar-refractivity contribution in [3.63, 3.8) is 0 Å². The summed E-state index contributed by atoms with van der Waals surface area (Å²) >= 11 is 0. The van der Waals surface area contributed by atoms with Crippen LogP contribution < -0.4 is 0 Å². The van der Waals surface area contributed by atoms with Crippen LogP contribution in [0.15, 0.2) is 0 Å². The lowest BCUT2D eigenvalue weighted by Crippen LogP contribution is -2.47. The van der Waals surface area contributed by atoms with E-state index in [2.05, 4.69) is 4.98 Å². The van der Waals surface area contributed by atoms with Gasteiger partial charge in [0.05, 0.1) is 24.3 Å². The third-order valence-electron chi connectivity index (χ3n) is 5.04. The smallest absolute Gasteiger partial charge is 0.310 e. The number of ketones is 2. The third kappa shape index (κ3) is 4.00. The van der Waals surface area contributed by atoms with Crippen molar-refractivity contribution < 1.29 is 19.1 Å². The van der Waals surface area contributed by atoms with Crippen molar-refractivity contribution in [3.8, 4) is 0 Å². The average molecular weight is 348 g/mol. The number of aryl methyl sites for hydroxylation is 1. The van der Waals surface area contributed by atoms with Gasteiger partial charge in [-0.2, -0.15) is 0 Å². The number of ether oxygens (including phenoxy) is 1. The Morgan fingerprint density at radius 1 is 1.32 bits per heavy atom. The zero-order valence-electron chi connectivity index (χ0n) is 15.8. The maximum Gasteiger partial charge on any atom is 0.310 e. The molecule has 1 N–H and O–H groups in total. The summed E-state index contributed by atoms with van der Waals surface area (Å²) < 4.78 is 5.12. The molecular formula is C19H28N2O4. The van der Waals surface area contributed by atoms with Gasteiger partial charge in [-0.15, -0.1) is 0 Å². The van der Waals surface area contributed by atoms with Gasteiger partial charge in [-0.1, -0.05) is 0 Å². The van der Waals surface area contributed by atoms with Gasteiger partial charge in [-0.3, -0.25) is 19.3 Å². The molecule has 138 valence electrons. The molecule has 25 heavy (non-hydrogen) atoms. The first-order valence-electron chi connectivity index (χ1n) is 8.92. The quantitative estimate of drug-likeness (QED) is 0.631. The second-order valence-corrected chi connectivity index (χ2v) is 6.81. The summed E-state index contributed by atoms with van der Waals surface area (Å²) in [7, 11) is 0. The maximum absolute atomic E-state index is 13.0. The number of nitrogens with one attached hydrogen (secondary N) is 1. The number of piperidine rings is 1. The number of carbonyl (C=O) groups excluding carboxylic acids is 3. The van der Waals surface area contributed by atoms with E-state index in [-0.39, 0.29) is 29.5 Å². The molecule has 0 radical (unpaired) electrons. The van der Waals surface area contributed by atoms with Gasteiger partial charge < -0.3 is 9.72 Å². The molecule has 1 aromatic rings. The molecule has 1 aliphatic rings. The monoisotopic (exact) mass is 348 g/mol. The Bertz CT molecular complexity index is 677. The minimum absolute atomic E-state index is 0.0432. The molecule has 0 aliphatic carbocycles. The summed E-state index contributed by atoms with van der Waals surface area (Å²) in [5.74, 6) is -0.447. The standard InChI is InChI=1S/C19H28N2O4/c1-6-25-19(24)15-8-7-9-21(10-15)13(4)18(23)17-11(2)16(14(5)22)12(3)20-17/h13,15,20H,6-10H2,1-5H3. The molecule has 1 fully saturated rings. The number of H-pyrrole nitrogens is 1. The summed E-state index contributed by atoms with van der Waals surface area (Å²) in [6.07, 6.45) is 1.66. The molecule has 0 amide bonds. The van der Waals surface area contributed by atoms with E-state index in [4.69, 9.17) is 4.74 Å². The van der Waals surface area contributed by atoms with Crippen LogP contribution in [-0.4, -0.2) is 53.2 Å². The summed E-state index contributed by atoms with van der Waals surface area (Å²) in [6.45, 7) is 10.5. The molecule has 2 rings (SSSR count). The Morgan fingerprint density at radius 2 is 2.00 bits per heavy atom. The van der Waals surface area contributed by atoms with Crippen LogP contribution in [0.1, 0.15) is 65.7 Å². The van der Waals surface area contributed by atoms with Crippen LogP contribution >= 0.6 is 0 Å². The van der Waals surface area contributed by atoms with Crippen molar-refractivity contribution in [2.75, 3.05) is 19.7 Å². The van der Waals surface area contributed by atoms with Gasteiger partial charge in [0.25, 0.3) is 0 Å². The highest BCUT2D eigenvalue weighted by Gasteiger charge is 2.33. The molecule has 6 heteroatoms. The Kier molecular flexibility index (Phi) is 6.16. The lowest BCUT2D eigenvalue weighted by Gasteiger charge is -2.35. The molecule has 1 aromatic heterocycles. The van der Waals surface area contributed by atoms with Crippen molar-refractivity contribution in [1.29, 1.82) is 0 Å². The van der Waals surface area contributed by atoms with E-state index in [0.717, 1.165) is 25.1 Å². The topological polar surface area (TPSA) is 79.5 Å². The zero-order valence-corrected chi connectivity index (χ0v) is 15.8. The number of likely N-dealkylation sites (tertiary alicyclic amines) is 1. The van der Waals surface area contributed by atoms with Crippen molar-refractivity contribution >= 4 is 17.5 Å². The number of Topliss-reactive ketones (excluding diaryl/α,β-unsaturated/α-hetero) is 2. The van der Waals surface area contributed by atoms with Crippen LogP contribution in [0.5, 0.6) is 0 Å². The number of carbonyl (C=O) groups is 3. The third-order valence-corrected chi connectivity index (χ3v) is 5.04. The lowest BCUT2D eigenvalue weighted by molar-refractivity contribution is -0.150. The Hall–Kier alpha value is -1.95. The fourth-order valence-electron chi connectivity index (χ4n) is 3.71. The van der Waals surface area contributed by atoms with E-state index in [1.54, 1.807) is 13.8 Å². The van der Waals surface area contributed by atoms with E-state index in [1.165, 1.54) is 6.92 Å². The van der Waals surface area contributed by atoms with Crippen molar-refractivity contribution in [3.05, 3.63) is 22.5 Å². The molecule has 0 bridgehead atoms. The van der Waals surface area contributed by atoms with Crippen LogP contribution in [0.3, 0.4) is 0 Å². The SMILES string of the molecule is CCOC(=O)C1CCCN(C(C)C(=O)c2[nH]c(C)c(C(C)=O)c2C)C1. The Morgan fingerprint density at radius 3 is 2.56 bits per heavy atom. The predicted molar refractivity (Wildman–Crippen MR) is 95.0 cm³/mol. The minimum Gasteiger partial charge on any atom is -0.466 e. The minimum atomic E-state index is -0.353. The van der Waals surface area contributed by atoms with Gasteiger partial charge in [0.1, 0.15) is 0 Å². The molecule has 2 unspecified atom stereocenters. The molecule has 0 spiro atoms. The van der Waals surface area contributed by atoms with Crippen molar-refractivity contribution in [2.24, 2.45) is 5.92 Å². The zero-order chi connectivity index (χ0) is 18.7. The van der Waals surface area contributed by atoms with E-state index in [1.807, 2.05) is 18.7 Å². The van der Waals surface area contributed by atoms with Gasteiger partial charge >= 0.3 is 5.97 Å². The molecule has 2 heterocycles.